The summed E-state index contributed by atoms with van der Waals surface area (Å²) >= 11 is 0. The van der Waals surface area contributed by atoms with Crippen molar-refractivity contribution in [3.05, 3.63) is 0 Å². The fourth-order valence-corrected chi connectivity index (χ4v) is 2.69. The van der Waals surface area contributed by atoms with Crippen molar-refractivity contribution in [2.75, 3.05) is 20.1 Å². The molecule has 16 heavy (non-hydrogen) atoms. The van der Waals surface area contributed by atoms with E-state index in [1.54, 1.807) is 0 Å². The smallest absolute Gasteiger partial charge is 0.228 e. The standard InChI is InChI=1S/C12H22N2O.ClH/c1-9-4-3-5-11(6-9)14(2)12(15)10-7-13-8-10;/h9-11,13H,3-8H2,1-2H3;1H. The Kier molecular flexibility index (Phi) is 5.06. The summed E-state index contributed by atoms with van der Waals surface area (Å²) < 4.78 is 0. The van der Waals surface area contributed by atoms with Gasteiger partial charge in [0.2, 0.25) is 5.91 Å². The van der Waals surface area contributed by atoms with Crippen molar-refractivity contribution in [1.82, 2.24) is 10.2 Å². The van der Waals surface area contributed by atoms with Crippen LogP contribution in [0.2, 0.25) is 0 Å². The molecule has 1 heterocycles. The molecule has 0 aromatic heterocycles. The van der Waals surface area contributed by atoms with Crippen molar-refractivity contribution >= 4 is 18.3 Å². The highest BCUT2D eigenvalue weighted by molar-refractivity contribution is 5.85. The van der Waals surface area contributed by atoms with Crippen molar-refractivity contribution < 1.29 is 4.79 Å². The molecule has 1 saturated carbocycles. The molecule has 1 aliphatic carbocycles. The molecule has 0 spiro atoms. The van der Waals surface area contributed by atoms with Crippen molar-refractivity contribution in [3.8, 4) is 0 Å². The summed E-state index contributed by atoms with van der Waals surface area (Å²) in [7, 11) is 1.99. The number of nitrogens with one attached hydrogen (secondary N) is 1. The number of halogens is 1. The van der Waals surface area contributed by atoms with Gasteiger partial charge >= 0.3 is 0 Å². The van der Waals surface area contributed by atoms with Crippen molar-refractivity contribution in [2.45, 2.75) is 38.6 Å². The Labute approximate surface area is 104 Å². The lowest BCUT2D eigenvalue weighted by molar-refractivity contribution is -0.138. The Hall–Kier alpha value is -0.280. The fourth-order valence-electron chi connectivity index (χ4n) is 2.69. The van der Waals surface area contributed by atoms with Gasteiger partial charge in [0.05, 0.1) is 5.92 Å². The fraction of sp³-hybridized carbons (Fsp3) is 0.917. The third-order valence-electron chi connectivity index (χ3n) is 3.93. The second-order valence-electron chi connectivity index (χ2n) is 5.23. The first-order chi connectivity index (χ1) is 7.18. The van der Waals surface area contributed by atoms with Crippen molar-refractivity contribution in [3.63, 3.8) is 0 Å². The molecule has 2 rings (SSSR count). The van der Waals surface area contributed by atoms with E-state index < -0.39 is 0 Å². The van der Waals surface area contributed by atoms with Gasteiger partial charge < -0.3 is 10.2 Å². The van der Waals surface area contributed by atoms with Crippen LogP contribution < -0.4 is 5.32 Å². The number of amides is 1. The maximum atomic E-state index is 12.0. The van der Waals surface area contributed by atoms with Gasteiger partial charge in [0.25, 0.3) is 0 Å². The molecule has 3 nitrogen and oxygen atoms in total. The highest BCUT2D eigenvalue weighted by Crippen LogP contribution is 2.27. The van der Waals surface area contributed by atoms with Crippen LogP contribution in [-0.4, -0.2) is 37.0 Å². The number of hydrogen-bond acceptors (Lipinski definition) is 2. The Bertz CT molecular complexity index is 243. The van der Waals surface area contributed by atoms with Gasteiger partial charge in [-0.2, -0.15) is 0 Å². The van der Waals surface area contributed by atoms with Crippen LogP contribution in [0.25, 0.3) is 0 Å². The maximum absolute atomic E-state index is 12.0. The van der Waals surface area contributed by atoms with Crippen LogP contribution in [0, 0.1) is 11.8 Å². The maximum Gasteiger partial charge on any atom is 0.228 e. The number of hydrogen-bond donors (Lipinski definition) is 1. The number of carbonyl (C=O) groups excluding carboxylic acids is 1. The first kappa shape index (κ1) is 13.8. The zero-order valence-corrected chi connectivity index (χ0v) is 11.1. The summed E-state index contributed by atoms with van der Waals surface area (Å²) in [4.78, 5) is 14.0. The van der Waals surface area contributed by atoms with E-state index in [0.29, 0.717) is 11.9 Å². The Balaban J connectivity index is 0.00000128. The third kappa shape index (κ3) is 2.89. The topological polar surface area (TPSA) is 32.3 Å². The van der Waals surface area contributed by atoms with Crippen LogP contribution in [0.1, 0.15) is 32.6 Å². The molecule has 0 aromatic rings. The number of nitrogens with zero attached hydrogens (tertiary/aromatic N) is 1. The Morgan fingerprint density at radius 2 is 2.00 bits per heavy atom. The van der Waals surface area contributed by atoms with E-state index in [2.05, 4.69) is 12.2 Å². The molecular formula is C12H23ClN2O. The summed E-state index contributed by atoms with van der Waals surface area (Å²) in [5.41, 5.74) is 0. The van der Waals surface area contributed by atoms with E-state index in [-0.39, 0.29) is 18.3 Å². The highest BCUT2D eigenvalue weighted by atomic mass is 35.5. The molecule has 4 heteroatoms. The molecule has 1 saturated heterocycles. The molecule has 0 bridgehead atoms. The summed E-state index contributed by atoms with van der Waals surface area (Å²) in [5.74, 6) is 1.40. The van der Waals surface area contributed by atoms with Gasteiger partial charge in [-0.1, -0.05) is 19.8 Å². The lowest BCUT2D eigenvalue weighted by Gasteiger charge is -2.38. The van der Waals surface area contributed by atoms with E-state index in [0.717, 1.165) is 19.0 Å². The molecule has 2 unspecified atom stereocenters. The van der Waals surface area contributed by atoms with Crippen LogP contribution in [0.3, 0.4) is 0 Å². The number of carbonyl (C=O) groups is 1. The lowest BCUT2D eigenvalue weighted by atomic mass is 9.86. The average Bonchev–Trinajstić information content (AvgIpc) is 2.14. The average molecular weight is 247 g/mol. The molecule has 2 atom stereocenters. The first-order valence-electron chi connectivity index (χ1n) is 6.16. The molecule has 1 amide bonds. The third-order valence-corrected chi connectivity index (χ3v) is 3.93. The van der Waals surface area contributed by atoms with Gasteiger partial charge in [0.15, 0.2) is 0 Å². The van der Waals surface area contributed by atoms with Gasteiger partial charge in [-0.15, -0.1) is 12.4 Å². The largest absolute Gasteiger partial charge is 0.342 e. The molecule has 1 N–H and O–H groups in total. The van der Waals surface area contributed by atoms with Crippen LogP contribution >= 0.6 is 12.4 Å². The second kappa shape index (κ2) is 5.87. The summed E-state index contributed by atoms with van der Waals surface area (Å²) in [6.45, 7) is 4.06. The minimum atomic E-state index is 0. The molecular weight excluding hydrogens is 224 g/mol. The summed E-state index contributed by atoms with van der Waals surface area (Å²) in [5, 5.41) is 3.16. The van der Waals surface area contributed by atoms with Crippen LogP contribution in [0.15, 0.2) is 0 Å². The molecule has 0 radical (unpaired) electrons. The predicted octanol–water partition coefficient (Wildman–Crippen LogP) is 1.66. The lowest BCUT2D eigenvalue weighted by Crippen LogP contribution is -2.53. The van der Waals surface area contributed by atoms with E-state index in [9.17, 15) is 4.79 Å². The molecule has 2 aliphatic rings. The molecule has 2 fully saturated rings. The predicted molar refractivity (Wildman–Crippen MR) is 67.8 cm³/mol. The van der Waals surface area contributed by atoms with E-state index in [1.165, 1.54) is 25.7 Å². The highest BCUT2D eigenvalue weighted by Gasteiger charge is 2.32. The number of rotatable bonds is 2. The zero-order valence-electron chi connectivity index (χ0n) is 10.2. The monoisotopic (exact) mass is 246 g/mol. The Morgan fingerprint density at radius 3 is 2.50 bits per heavy atom. The normalized spacial score (nSPS) is 30.1. The molecule has 1 aliphatic heterocycles. The first-order valence-corrected chi connectivity index (χ1v) is 6.16. The van der Waals surface area contributed by atoms with Crippen molar-refractivity contribution in [1.29, 1.82) is 0 Å². The minimum absolute atomic E-state index is 0. The van der Waals surface area contributed by atoms with Crippen molar-refractivity contribution in [2.24, 2.45) is 11.8 Å². The zero-order chi connectivity index (χ0) is 10.8. The van der Waals surface area contributed by atoms with E-state index >= 15 is 0 Å². The van der Waals surface area contributed by atoms with E-state index in [4.69, 9.17) is 0 Å². The quantitative estimate of drug-likeness (QED) is 0.804. The second-order valence-corrected chi connectivity index (χ2v) is 5.23. The van der Waals surface area contributed by atoms with Crippen LogP contribution in [0.4, 0.5) is 0 Å². The van der Waals surface area contributed by atoms with E-state index in [1.807, 2.05) is 11.9 Å². The SMILES string of the molecule is CC1CCCC(N(C)C(=O)C2CNC2)C1.Cl. The molecule has 94 valence electrons. The summed E-state index contributed by atoms with van der Waals surface area (Å²) in [6.07, 6.45) is 5.02. The Morgan fingerprint density at radius 1 is 1.31 bits per heavy atom. The minimum Gasteiger partial charge on any atom is -0.342 e. The van der Waals surface area contributed by atoms with Gasteiger partial charge in [-0.3, -0.25) is 4.79 Å². The van der Waals surface area contributed by atoms with Gasteiger partial charge in [0, 0.05) is 26.2 Å². The van der Waals surface area contributed by atoms with Crippen LogP contribution in [0.5, 0.6) is 0 Å². The van der Waals surface area contributed by atoms with Gasteiger partial charge in [-0.05, 0) is 18.8 Å². The summed E-state index contributed by atoms with van der Waals surface area (Å²) in [6, 6.07) is 0.502. The molecule has 0 aromatic carbocycles. The van der Waals surface area contributed by atoms with Gasteiger partial charge in [-0.25, -0.2) is 0 Å². The van der Waals surface area contributed by atoms with Gasteiger partial charge in [0.1, 0.15) is 0 Å². The van der Waals surface area contributed by atoms with Crippen LogP contribution in [-0.2, 0) is 4.79 Å².